The fraction of sp³-hybridized carbons (Fsp3) is 0.444. The van der Waals surface area contributed by atoms with E-state index < -0.39 is 29.4 Å². The lowest BCUT2D eigenvalue weighted by atomic mass is 9.13. The number of para-hydroxylation sites is 1. The standard InChI is InChI=1S/C30H55N.C24H16BF4/c1-3-5-7-9-11-13-15-17-19-24-28-31(30-26-22-21-23-27-30)29-25-20-18-16-14-12-10-8-6-4-2;26-21-9-1-17(2-10-21)25(18-3-11-22(27)12-4-18,19-5-13-23(28)14-6-19)20-7-15-24(29)16-8-20/h21-23,26-27H,3-20,24-25,28-29H2,1-2H3;1-16H/q;-1/p+1. The van der Waals surface area contributed by atoms with Crippen LogP contribution in [-0.2, 0) is 0 Å². The van der Waals surface area contributed by atoms with E-state index >= 15 is 0 Å². The molecule has 0 radical (unpaired) electrons. The lowest BCUT2D eigenvalue weighted by molar-refractivity contribution is -0.833. The molecule has 0 aliphatic carbocycles. The van der Waals surface area contributed by atoms with Crippen LogP contribution < -0.4 is 26.8 Å². The van der Waals surface area contributed by atoms with Gasteiger partial charge in [0.05, 0.1) is 13.1 Å². The van der Waals surface area contributed by atoms with E-state index in [0.717, 1.165) is 21.9 Å². The van der Waals surface area contributed by atoms with Crippen LogP contribution in [0.1, 0.15) is 142 Å². The highest BCUT2D eigenvalue weighted by Gasteiger charge is 2.32. The molecule has 1 N–H and O–H groups in total. The number of unbranched alkanes of at least 4 members (excludes halogenated alkanes) is 18. The first-order valence-electron chi connectivity index (χ1n) is 23.5. The highest BCUT2D eigenvalue weighted by atomic mass is 19.1. The van der Waals surface area contributed by atoms with Crippen LogP contribution in [0.3, 0.4) is 0 Å². The van der Waals surface area contributed by atoms with Gasteiger partial charge in [0.2, 0.25) is 0 Å². The molecule has 0 aliphatic rings. The number of rotatable bonds is 27. The maximum atomic E-state index is 13.7. The molecule has 0 fully saturated rings. The Morgan fingerprint density at radius 1 is 0.317 bits per heavy atom. The first-order valence-corrected chi connectivity index (χ1v) is 23.5. The van der Waals surface area contributed by atoms with Crippen LogP contribution in [0, 0.1) is 23.3 Å². The van der Waals surface area contributed by atoms with E-state index in [2.05, 4.69) is 44.2 Å². The summed E-state index contributed by atoms with van der Waals surface area (Å²) in [5.41, 5.74) is 4.49. The van der Waals surface area contributed by atoms with Gasteiger partial charge in [0.1, 0.15) is 35.1 Å². The van der Waals surface area contributed by atoms with E-state index in [0.29, 0.717) is 0 Å². The van der Waals surface area contributed by atoms with Gasteiger partial charge < -0.3 is 4.90 Å². The Bertz CT molecular complexity index is 1600. The van der Waals surface area contributed by atoms with E-state index in [4.69, 9.17) is 0 Å². The number of hydrogen-bond donors (Lipinski definition) is 1. The third-order valence-corrected chi connectivity index (χ3v) is 12.3. The normalized spacial score (nSPS) is 11.4. The van der Waals surface area contributed by atoms with Crippen molar-refractivity contribution in [1.29, 1.82) is 0 Å². The Kier molecular flexibility index (Phi) is 23.0. The molecule has 5 rings (SSSR count). The molecule has 0 saturated heterocycles. The number of hydrogen-bond acceptors (Lipinski definition) is 0. The minimum atomic E-state index is -1.94. The van der Waals surface area contributed by atoms with Crippen LogP contribution in [0.5, 0.6) is 0 Å². The summed E-state index contributed by atoms with van der Waals surface area (Å²) in [6.07, 6.45) is 26.7. The van der Waals surface area contributed by atoms with Crippen LogP contribution in [0.15, 0.2) is 127 Å². The van der Waals surface area contributed by atoms with Crippen LogP contribution in [0.25, 0.3) is 0 Å². The van der Waals surface area contributed by atoms with Gasteiger partial charge in [-0.05, 0) is 86.3 Å². The van der Waals surface area contributed by atoms with Crippen LogP contribution in [0.2, 0.25) is 0 Å². The summed E-state index contributed by atoms with van der Waals surface area (Å²) >= 11 is 0. The molecule has 0 amide bonds. The van der Waals surface area contributed by atoms with Gasteiger partial charge in [-0.2, -0.15) is 21.9 Å². The topological polar surface area (TPSA) is 4.44 Å². The van der Waals surface area contributed by atoms with Crippen molar-refractivity contribution in [2.75, 3.05) is 13.1 Å². The van der Waals surface area contributed by atoms with Crippen molar-refractivity contribution in [3.8, 4) is 0 Å². The van der Waals surface area contributed by atoms with Crippen molar-refractivity contribution in [3.63, 3.8) is 0 Å². The van der Waals surface area contributed by atoms with Crippen molar-refractivity contribution < 1.29 is 22.5 Å². The number of halogens is 4. The zero-order chi connectivity index (χ0) is 42.7. The molecular formula is C54H72BF4N. The number of nitrogens with one attached hydrogen (secondary N) is 1. The molecule has 60 heavy (non-hydrogen) atoms. The number of benzene rings is 5. The van der Waals surface area contributed by atoms with Crippen molar-refractivity contribution in [2.24, 2.45) is 0 Å². The Labute approximate surface area is 361 Å². The molecule has 5 aromatic rings. The van der Waals surface area contributed by atoms with Crippen molar-refractivity contribution in [1.82, 2.24) is 0 Å². The first kappa shape index (κ1) is 48.5. The molecule has 0 spiro atoms. The molecule has 5 aromatic carbocycles. The fourth-order valence-corrected chi connectivity index (χ4v) is 8.90. The molecular weight excluding hydrogens is 749 g/mol. The summed E-state index contributed by atoms with van der Waals surface area (Å²) in [6, 6.07) is 35.3. The van der Waals surface area contributed by atoms with Gasteiger partial charge >= 0.3 is 0 Å². The van der Waals surface area contributed by atoms with Crippen LogP contribution in [0.4, 0.5) is 23.2 Å². The van der Waals surface area contributed by atoms with E-state index in [1.54, 1.807) is 53.4 Å². The maximum absolute atomic E-state index is 13.7. The van der Waals surface area contributed by atoms with Crippen LogP contribution in [-0.4, -0.2) is 19.2 Å². The predicted octanol–water partition coefficient (Wildman–Crippen LogP) is 12.7. The quantitative estimate of drug-likeness (QED) is 0.0306. The maximum Gasteiger partial charge on any atom is 0.131 e. The van der Waals surface area contributed by atoms with E-state index in [1.165, 1.54) is 196 Å². The summed E-state index contributed by atoms with van der Waals surface area (Å²) < 4.78 is 54.8. The largest absolute Gasteiger partial charge is 0.302 e. The molecule has 324 valence electrons. The highest BCUT2D eigenvalue weighted by Crippen LogP contribution is 2.14. The Balaban J connectivity index is 0.000000265. The second-order valence-corrected chi connectivity index (χ2v) is 16.9. The van der Waals surface area contributed by atoms with E-state index in [9.17, 15) is 17.6 Å². The van der Waals surface area contributed by atoms with Gasteiger partial charge in [-0.15, -0.1) is 0 Å². The van der Waals surface area contributed by atoms with Crippen LogP contribution >= 0.6 is 0 Å². The lowest BCUT2D eigenvalue weighted by Gasteiger charge is -2.44. The molecule has 6 heteroatoms. The summed E-state index contributed by atoms with van der Waals surface area (Å²) in [6.45, 7) is 7.24. The number of quaternary nitrogens is 1. The highest BCUT2D eigenvalue weighted by molar-refractivity contribution is 7.19. The van der Waals surface area contributed by atoms with E-state index in [-0.39, 0.29) is 0 Å². The van der Waals surface area contributed by atoms with Gasteiger partial charge in [-0.3, -0.25) is 0 Å². The van der Waals surface area contributed by atoms with Crippen molar-refractivity contribution >= 4 is 33.7 Å². The fourth-order valence-electron chi connectivity index (χ4n) is 8.90. The van der Waals surface area contributed by atoms with Gasteiger partial charge in [0.15, 0.2) is 0 Å². The molecule has 1 nitrogen and oxygen atoms in total. The van der Waals surface area contributed by atoms with E-state index in [1.807, 2.05) is 0 Å². The minimum absolute atomic E-state index is 0.393. The minimum Gasteiger partial charge on any atom is -0.302 e. The molecule has 0 aromatic heterocycles. The first-order chi connectivity index (χ1) is 29.4. The monoisotopic (exact) mass is 822 g/mol. The summed E-state index contributed by atoms with van der Waals surface area (Å²) in [5, 5.41) is 0. The lowest BCUT2D eigenvalue weighted by Crippen LogP contribution is -3.07. The van der Waals surface area contributed by atoms with Gasteiger partial charge in [0.25, 0.3) is 0 Å². The second-order valence-electron chi connectivity index (χ2n) is 16.9. The third kappa shape index (κ3) is 16.4. The Morgan fingerprint density at radius 3 is 0.833 bits per heavy atom. The van der Waals surface area contributed by atoms with Crippen molar-refractivity contribution in [2.45, 2.75) is 142 Å². The van der Waals surface area contributed by atoms with Crippen molar-refractivity contribution in [3.05, 3.63) is 151 Å². The molecule has 0 atom stereocenters. The zero-order valence-corrected chi connectivity index (χ0v) is 36.8. The summed E-state index contributed by atoms with van der Waals surface area (Å²) in [5.74, 6) is -1.57. The second kappa shape index (κ2) is 28.4. The van der Waals surface area contributed by atoms with Gasteiger partial charge in [-0.25, -0.2) is 17.6 Å². The van der Waals surface area contributed by atoms with Gasteiger partial charge in [-0.1, -0.05) is 183 Å². The SMILES string of the molecule is CCCCCCCCCCCC[NH+](CCCCCCCCCCCC)c1ccccc1.Fc1ccc([B-](c2ccc(F)cc2)(c2ccc(F)cc2)c2ccc(F)cc2)cc1. The molecule has 0 unspecified atom stereocenters. The molecule has 0 aliphatic heterocycles. The molecule has 0 saturated carbocycles. The summed E-state index contributed by atoms with van der Waals surface area (Å²) in [4.78, 5) is 1.72. The average molecular weight is 822 g/mol. The third-order valence-electron chi connectivity index (χ3n) is 12.3. The Hall–Kier alpha value is -4.16. The summed E-state index contributed by atoms with van der Waals surface area (Å²) in [7, 11) is 0. The molecule has 0 heterocycles. The Morgan fingerprint density at radius 2 is 0.567 bits per heavy atom. The smallest absolute Gasteiger partial charge is 0.131 e. The predicted molar refractivity (Wildman–Crippen MR) is 250 cm³/mol. The van der Waals surface area contributed by atoms with Gasteiger partial charge in [0, 0.05) is 0 Å². The average Bonchev–Trinajstić information content (AvgIpc) is 3.27. The zero-order valence-electron chi connectivity index (χ0n) is 36.8. The molecule has 0 bridgehead atoms.